The summed E-state index contributed by atoms with van der Waals surface area (Å²) in [6, 6.07) is 10.5. The minimum Gasteiger partial charge on any atom is -0.481 e. The van der Waals surface area contributed by atoms with E-state index in [2.05, 4.69) is 29.2 Å². The first kappa shape index (κ1) is 13.6. The Bertz CT molecular complexity index is 624. The Morgan fingerprint density at radius 2 is 2.20 bits per heavy atom. The van der Waals surface area contributed by atoms with Crippen LogP contribution in [0.5, 0.6) is 0 Å². The fourth-order valence-corrected chi connectivity index (χ4v) is 4.96. The van der Waals surface area contributed by atoms with Crippen molar-refractivity contribution in [2.24, 2.45) is 0 Å². The Kier molecular flexibility index (Phi) is 3.81. The first-order valence-electron chi connectivity index (χ1n) is 6.53. The molecule has 1 fully saturated rings. The van der Waals surface area contributed by atoms with Gasteiger partial charge in [0, 0.05) is 10.1 Å². The zero-order valence-corrected chi connectivity index (χ0v) is 12.7. The van der Waals surface area contributed by atoms with Gasteiger partial charge in [-0.1, -0.05) is 42.1 Å². The summed E-state index contributed by atoms with van der Waals surface area (Å²) in [4.78, 5) is 16.1. The molecule has 3 rings (SSSR count). The average Bonchev–Trinajstić information content (AvgIpc) is 3.09. The van der Waals surface area contributed by atoms with E-state index in [-0.39, 0.29) is 6.42 Å². The summed E-state index contributed by atoms with van der Waals surface area (Å²) in [5.41, 5.74) is 2.25. The molecule has 2 unspecified atom stereocenters. The number of hydrogen-bond donors (Lipinski definition) is 1. The second-order valence-electron chi connectivity index (χ2n) is 4.97. The van der Waals surface area contributed by atoms with Crippen LogP contribution < -0.4 is 0 Å². The summed E-state index contributed by atoms with van der Waals surface area (Å²) in [6.07, 6.45) is 1.26. The van der Waals surface area contributed by atoms with Crippen molar-refractivity contribution in [3.8, 4) is 0 Å². The molecule has 1 heterocycles. The SMILES string of the molecule is Cc1nc(SC2CC2c2ccccc2)sc1CC(=O)O. The van der Waals surface area contributed by atoms with Gasteiger partial charge in [-0.05, 0) is 24.8 Å². The van der Waals surface area contributed by atoms with Gasteiger partial charge in [-0.2, -0.15) is 0 Å². The minimum atomic E-state index is -0.790. The minimum absolute atomic E-state index is 0.0802. The van der Waals surface area contributed by atoms with E-state index in [9.17, 15) is 4.79 Å². The van der Waals surface area contributed by atoms with Crippen LogP contribution in [0.2, 0.25) is 0 Å². The monoisotopic (exact) mass is 305 g/mol. The third-order valence-electron chi connectivity index (χ3n) is 3.40. The van der Waals surface area contributed by atoms with Crippen LogP contribution in [0.1, 0.15) is 28.5 Å². The van der Waals surface area contributed by atoms with Gasteiger partial charge < -0.3 is 5.11 Å². The van der Waals surface area contributed by atoms with Crippen molar-refractivity contribution in [3.05, 3.63) is 46.5 Å². The molecular formula is C15H15NO2S2. The van der Waals surface area contributed by atoms with Crippen LogP contribution >= 0.6 is 23.1 Å². The van der Waals surface area contributed by atoms with Crippen molar-refractivity contribution in [3.63, 3.8) is 0 Å². The number of aromatic nitrogens is 1. The molecule has 104 valence electrons. The van der Waals surface area contributed by atoms with Crippen LogP contribution in [0.3, 0.4) is 0 Å². The summed E-state index contributed by atoms with van der Waals surface area (Å²) in [7, 11) is 0. The number of aliphatic carboxylic acids is 1. The predicted molar refractivity (Wildman–Crippen MR) is 81.6 cm³/mol. The highest BCUT2D eigenvalue weighted by Gasteiger charge is 2.39. The number of benzene rings is 1. The van der Waals surface area contributed by atoms with Crippen molar-refractivity contribution in [2.45, 2.75) is 35.3 Å². The highest BCUT2D eigenvalue weighted by molar-refractivity contribution is 8.01. The van der Waals surface area contributed by atoms with Crippen molar-refractivity contribution < 1.29 is 9.90 Å². The molecular weight excluding hydrogens is 290 g/mol. The van der Waals surface area contributed by atoms with Gasteiger partial charge in [0.25, 0.3) is 0 Å². The van der Waals surface area contributed by atoms with Crippen molar-refractivity contribution in [1.29, 1.82) is 0 Å². The summed E-state index contributed by atoms with van der Waals surface area (Å²) in [6.45, 7) is 1.89. The molecule has 1 aliphatic carbocycles. The molecule has 2 aromatic rings. The molecule has 1 N–H and O–H groups in total. The molecule has 0 radical (unpaired) electrons. The number of carboxylic acids is 1. The maximum atomic E-state index is 10.8. The molecule has 5 heteroatoms. The van der Waals surface area contributed by atoms with Gasteiger partial charge in [-0.25, -0.2) is 4.98 Å². The van der Waals surface area contributed by atoms with E-state index in [0.29, 0.717) is 11.2 Å². The third kappa shape index (κ3) is 3.04. The molecule has 0 aliphatic heterocycles. The summed E-state index contributed by atoms with van der Waals surface area (Å²) in [5.74, 6) is -0.171. The van der Waals surface area contributed by atoms with E-state index in [0.717, 1.165) is 14.9 Å². The van der Waals surface area contributed by atoms with E-state index in [4.69, 9.17) is 5.11 Å². The Hall–Kier alpha value is -1.33. The highest BCUT2D eigenvalue weighted by atomic mass is 32.2. The molecule has 0 spiro atoms. The molecule has 0 bridgehead atoms. The Morgan fingerprint density at radius 1 is 1.45 bits per heavy atom. The zero-order chi connectivity index (χ0) is 14.1. The van der Waals surface area contributed by atoms with Crippen LogP contribution in [0.15, 0.2) is 34.7 Å². The van der Waals surface area contributed by atoms with Crippen molar-refractivity contribution in [2.75, 3.05) is 0 Å². The number of carboxylic acid groups (broad SMARTS) is 1. The number of thioether (sulfide) groups is 1. The number of nitrogens with zero attached hydrogens (tertiary/aromatic N) is 1. The lowest BCUT2D eigenvalue weighted by Gasteiger charge is -1.98. The quantitative estimate of drug-likeness (QED) is 0.914. The molecule has 1 aromatic carbocycles. The van der Waals surface area contributed by atoms with Crippen molar-refractivity contribution in [1.82, 2.24) is 4.98 Å². The van der Waals surface area contributed by atoms with E-state index in [1.165, 1.54) is 23.3 Å². The number of carbonyl (C=O) groups is 1. The molecule has 1 saturated carbocycles. The fraction of sp³-hybridized carbons (Fsp3) is 0.333. The van der Waals surface area contributed by atoms with Crippen LogP contribution in [-0.2, 0) is 11.2 Å². The van der Waals surface area contributed by atoms with Gasteiger partial charge in [0.1, 0.15) is 0 Å². The summed E-state index contributed by atoms with van der Waals surface area (Å²) < 4.78 is 1.00. The fourth-order valence-electron chi connectivity index (χ4n) is 2.24. The lowest BCUT2D eigenvalue weighted by molar-refractivity contribution is -0.136. The Balaban J connectivity index is 1.64. The molecule has 1 aromatic heterocycles. The highest BCUT2D eigenvalue weighted by Crippen LogP contribution is 2.52. The van der Waals surface area contributed by atoms with Gasteiger partial charge in [0.15, 0.2) is 4.34 Å². The van der Waals surface area contributed by atoms with E-state index >= 15 is 0 Å². The topological polar surface area (TPSA) is 50.2 Å². The van der Waals surface area contributed by atoms with E-state index in [1.807, 2.05) is 13.0 Å². The van der Waals surface area contributed by atoms with E-state index < -0.39 is 5.97 Å². The normalized spacial score (nSPS) is 20.9. The Morgan fingerprint density at radius 3 is 2.90 bits per heavy atom. The number of hydrogen-bond acceptors (Lipinski definition) is 4. The maximum absolute atomic E-state index is 10.8. The van der Waals surface area contributed by atoms with Crippen LogP contribution in [0, 0.1) is 6.92 Å². The van der Waals surface area contributed by atoms with Crippen LogP contribution in [0.4, 0.5) is 0 Å². The molecule has 2 atom stereocenters. The smallest absolute Gasteiger partial charge is 0.308 e. The number of rotatable bonds is 5. The predicted octanol–water partition coefficient (Wildman–Crippen LogP) is 3.73. The molecule has 1 aliphatic rings. The van der Waals surface area contributed by atoms with Crippen LogP contribution in [-0.4, -0.2) is 21.3 Å². The van der Waals surface area contributed by atoms with Gasteiger partial charge in [0.2, 0.25) is 0 Å². The summed E-state index contributed by atoms with van der Waals surface area (Å²) >= 11 is 3.31. The second kappa shape index (κ2) is 5.58. The third-order valence-corrected chi connectivity index (χ3v) is 6.00. The number of thiazole rings is 1. The van der Waals surface area contributed by atoms with Gasteiger partial charge in [-0.3, -0.25) is 4.79 Å². The average molecular weight is 305 g/mol. The van der Waals surface area contributed by atoms with Crippen molar-refractivity contribution >= 4 is 29.1 Å². The standard InChI is InChI=1S/C15H15NO2S2/c1-9-12(8-14(17)18)19-15(16-9)20-13-7-11(13)10-5-3-2-4-6-10/h2-6,11,13H,7-8H2,1H3,(H,17,18). The van der Waals surface area contributed by atoms with Gasteiger partial charge in [-0.15, -0.1) is 11.3 Å². The first-order chi connectivity index (χ1) is 9.63. The van der Waals surface area contributed by atoms with Gasteiger partial charge in [0.05, 0.1) is 12.1 Å². The lowest BCUT2D eigenvalue weighted by Crippen LogP contribution is -1.99. The maximum Gasteiger partial charge on any atom is 0.308 e. The molecule has 3 nitrogen and oxygen atoms in total. The first-order valence-corrected chi connectivity index (χ1v) is 8.23. The largest absolute Gasteiger partial charge is 0.481 e. The molecule has 0 saturated heterocycles. The molecule has 20 heavy (non-hydrogen) atoms. The number of aryl methyl sites for hydroxylation is 1. The van der Waals surface area contributed by atoms with Crippen LogP contribution in [0.25, 0.3) is 0 Å². The lowest BCUT2D eigenvalue weighted by atomic mass is 10.1. The van der Waals surface area contributed by atoms with E-state index in [1.54, 1.807) is 11.8 Å². The molecule has 0 amide bonds. The van der Waals surface area contributed by atoms with Gasteiger partial charge >= 0.3 is 5.97 Å². The zero-order valence-electron chi connectivity index (χ0n) is 11.1. The summed E-state index contributed by atoms with van der Waals surface area (Å²) in [5, 5.41) is 9.44. The Labute approximate surface area is 126 Å². The second-order valence-corrected chi connectivity index (χ2v) is 7.54.